The Morgan fingerprint density at radius 1 is 1.22 bits per heavy atom. The summed E-state index contributed by atoms with van der Waals surface area (Å²) in [6.07, 6.45) is 3.85. The van der Waals surface area contributed by atoms with E-state index in [1.165, 1.54) is 6.20 Å². The Balaban J connectivity index is 1.47. The number of carbonyl (C=O) groups is 1. The molecule has 0 radical (unpaired) electrons. The Kier molecular flexibility index (Phi) is 5.07. The zero-order valence-corrected chi connectivity index (χ0v) is 18.1. The Bertz CT molecular complexity index is 1370. The SMILES string of the molecule is Cn1c(C(=O)O)cnc1CN1CCC(n2c(=O)n(-c3ccc(Cl)cc3)c3cccnc32)C1. The van der Waals surface area contributed by atoms with Crippen molar-refractivity contribution in [2.45, 2.75) is 19.0 Å². The lowest BCUT2D eigenvalue weighted by atomic mass is 10.2. The maximum absolute atomic E-state index is 13.5. The summed E-state index contributed by atoms with van der Waals surface area (Å²) in [4.78, 5) is 35.7. The first-order chi connectivity index (χ1) is 15.4. The van der Waals surface area contributed by atoms with Crippen LogP contribution in [-0.4, -0.2) is 52.7 Å². The van der Waals surface area contributed by atoms with Crippen molar-refractivity contribution in [3.8, 4) is 5.69 Å². The van der Waals surface area contributed by atoms with Crippen molar-refractivity contribution in [1.29, 1.82) is 0 Å². The number of halogens is 1. The van der Waals surface area contributed by atoms with Crippen LogP contribution in [0.15, 0.2) is 53.6 Å². The summed E-state index contributed by atoms with van der Waals surface area (Å²) in [6, 6.07) is 10.8. The fourth-order valence-corrected chi connectivity index (χ4v) is 4.50. The van der Waals surface area contributed by atoms with Gasteiger partial charge < -0.3 is 9.67 Å². The molecule has 1 unspecified atom stereocenters. The summed E-state index contributed by atoms with van der Waals surface area (Å²) >= 11 is 6.03. The molecule has 1 fully saturated rings. The monoisotopic (exact) mass is 452 g/mol. The summed E-state index contributed by atoms with van der Waals surface area (Å²) in [5, 5.41) is 9.85. The minimum absolute atomic E-state index is 0.0485. The molecule has 32 heavy (non-hydrogen) atoms. The highest BCUT2D eigenvalue weighted by atomic mass is 35.5. The summed E-state index contributed by atoms with van der Waals surface area (Å²) in [5.41, 5.74) is 2.14. The Morgan fingerprint density at radius 2 is 2.00 bits per heavy atom. The van der Waals surface area contributed by atoms with Crippen LogP contribution in [0, 0.1) is 0 Å². The van der Waals surface area contributed by atoms with E-state index in [1.807, 2.05) is 24.3 Å². The van der Waals surface area contributed by atoms with Gasteiger partial charge in [0.15, 0.2) is 5.65 Å². The van der Waals surface area contributed by atoms with Gasteiger partial charge in [-0.25, -0.2) is 19.6 Å². The van der Waals surface area contributed by atoms with Crippen molar-refractivity contribution in [3.63, 3.8) is 0 Å². The summed E-state index contributed by atoms with van der Waals surface area (Å²) in [5.74, 6) is -0.324. The molecular formula is C22H21ClN6O3. The average molecular weight is 453 g/mol. The molecule has 4 heterocycles. The van der Waals surface area contributed by atoms with E-state index in [-0.39, 0.29) is 17.4 Å². The second-order valence-electron chi connectivity index (χ2n) is 7.91. The van der Waals surface area contributed by atoms with Crippen LogP contribution >= 0.6 is 11.6 Å². The molecule has 3 aromatic heterocycles. The molecule has 0 aliphatic carbocycles. The number of benzene rings is 1. The third-order valence-corrected chi connectivity index (χ3v) is 6.25. The minimum atomic E-state index is -1.00. The number of fused-ring (bicyclic) bond motifs is 1. The number of nitrogens with zero attached hydrogens (tertiary/aromatic N) is 6. The van der Waals surface area contributed by atoms with Gasteiger partial charge in [0.25, 0.3) is 0 Å². The first-order valence-electron chi connectivity index (χ1n) is 10.2. The van der Waals surface area contributed by atoms with E-state index in [2.05, 4.69) is 14.9 Å². The molecular weight excluding hydrogens is 432 g/mol. The van der Waals surface area contributed by atoms with Crippen molar-refractivity contribution < 1.29 is 9.90 Å². The van der Waals surface area contributed by atoms with Gasteiger partial charge in [0.1, 0.15) is 11.5 Å². The van der Waals surface area contributed by atoms with Crippen LogP contribution in [0.4, 0.5) is 0 Å². The van der Waals surface area contributed by atoms with Gasteiger partial charge in [0.05, 0.1) is 30.0 Å². The second kappa shape index (κ2) is 7.92. The standard InChI is InChI=1S/C22H21ClN6O3/c1-26-18(21(30)31)11-25-19(26)13-27-10-8-16(12-27)29-20-17(3-2-9-24-20)28(22(29)32)15-6-4-14(23)5-7-15/h2-7,9,11,16H,8,10,12-13H2,1H3,(H,30,31). The molecule has 1 aliphatic heterocycles. The highest BCUT2D eigenvalue weighted by Crippen LogP contribution is 2.26. The zero-order valence-electron chi connectivity index (χ0n) is 17.3. The molecule has 10 heteroatoms. The molecule has 1 atom stereocenters. The largest absolute Gasteiger partial charge is 0.477 e. The smallest absolute Gasteiger partial charge is 0.354 e. The molecule has 164 valence electrons. The van der Waals surface area contributed by atoms with Gasteiger partial charge >= 0.3 is 11.7 Å². The topological polar surface area (TPSA) is 98.2 Å². The average Bonchev–Trinajstić information content (AvgIpc) is 3.45. The molecule has 5 rings (SSSR count). The van der Waals surface area contributed by atoms with Gasteiger partial charge in [-0.05, 0) is 42.8 Å². The number of carboxylic acid groups (broad SMARTS) is 1. The van der Waals surface area contributed by atoms with Crippen molar-refractivity contribution in [3.05, 3.63) is 75.8 Å². The van der Waals surface area contributed by atoms with Crippen LogP contribution in [-0.2, 0) is 13.6 Å². The summed E-state index contributed by atoms with van der Waals surface area (Å²) in [6.45, 7) is 1.93. The van der Waals surface area contributed by atoms with Gasteiger partial charge in [-0.1, -0.05) is 11.6 Å². The first-order valence-corrected chi connectivity index (χ1v) is 10.6. The third kappa shape index (κ3) is 3.39. The van der Waals surface area contributed by atoms with Gasteiger partial charge in [-0.2, -0.15) is 0 Å². The van der Waals surface area contributed by atoms with Crippen LogP contribution in [0.3, 0.4) is 0 Å². The molecule has 1 aromatic carbocycles. The van der Waals surface area contributed by atoms with Crippen molar-refractivity contribution in [1.82, 2.24) is 28.6 Å². The molecule has 0 saturated carbocycles. The predicted octanol–water partition coefficient (Wildman–Crippen LogP) is 2.72. The van der Waals surface area contributed by atoms with Gasteiger partial charge in [0.2, 0.25) is 0 Å². The molecule has 1 aliphatic rings. The minimum Gasteiger partial charge on any atom is -0.477 e. The number of likely N-dealkylation sites (tertiary alicyclic amines) is 1. The third-order valence-electron chi connectivity index (χ3n) is 6.00. The van der Waals surface area contributed by atoms with Crippen LogP contribution in [0.1, 0.15) is 28.8 Å². The number of aromatic nitrogens is 5. The molecule has 9 nitrogen and oxygen atoms in total. The number of hydrogen-bond acceptors (Lipinski definition) is 5. The normalized spacial score (nSPS) is 16.8. The van der Waals surface area contributed by atoms with Crippen LogP contribution in [0.5, 0.6) is 0 Å². The van der Waals surface area contributed by atoms with Crippen LogP contribution < -0.4 is 5.69 Å². The highest BCUT2D eigenvalue weighted by molar-refractivity contribution is 6.30. The zero-order chi connectivity index (χ0) is 22.4. The van der Waals surface area contributed by atoms with Crippen molar-refractivity contribution >= 4 is 28.7 Å². The van der Waals surface area contributed by atoms with Crippen LogP contribution in [0.25, 0.3) is 16.9 Å². The van der Waals surface area contributed by atoms with Gasteiger partial charge in [-0.3, -0.25) is 14.0 Å². The van der Waals surface area contributed by atoms with E-state index in [0.29, 0.717) is 29.6 Å². The van der Waals surface area contributed by atoms with E-state index in [1.54, 1.807) is 39.1 Å². The Labute approximate surface area is 188 Å². The molecule has 0 spiro atoms. The number of pyridine rings is 1. The predicted molar refractivity (Wildman–Crippen MR) is 119 cm³/mol. The highest BCUT2D eigenvalue weighted by Gasteiger charge is 2.29. The van der Waals surface area contributed by atoms with E-state index >= 15 is 0 Å². The van der Waals surface area contributed by atoms with Crippen molar-refractivity contribution in [2.75, 3.05) is 13.1 Å². The maximum atomic E-state index is 13.5. The van der Waals surface area contributed by atoms with E-state index in [4.69, 9.17) is 11.6 Å². The number of imidazole rings is 2. The summed E-state index contributed by atoms with van der Waals surface area (Å²) < 4.78 is 5.03. The number of hydrogen-bond donors (Lipinski definition) is 1. The first kappa shape index (κ1) is 20.5. The molecule has 1 N–H and O–H groups in total. The fraction of sp³-hybridized carbons (Fsp3) is 0.273. The van der Waals surface area contributed by atoms with E-state index in [0.717, 1.165) is 24.2 Å². The molecule has 0 bridgehead atoms. The molecule has 4 aromatic rings. The number of rotatable bonds is 5. The Morgan fingerprint density at radius 3 is 2.72 bits per heavy atom. The molecule has 0 amide bonds. The second-order valence-corrected chi connectivity index (χ2v) is 8.35. The lowest BCUT2D eigenvalue weighted by Crippen LogP contribution is -2.29. The lowest BCUT2D eigenvalue weighted by Gasteiger charge is -2.16. The van der Waals surface area contributed by atoms with Gasteiger partial charge in [-0.15, -0.1) is 0 Å². The summed E-state index contributed by atoms with van der Waals surface area (Å²) in [7, 11) is 1.70. The number of aromatic carboxylic acids is 1. The maximum Gasteiger partial charge on any atom is 0.354 e. The van der Waals surface area contributed by atoms with E-state index in [9.17, 15) is 14.7 Å². The fourth-order valence-electron chi connectivity index (χ4n) is 4.38. The van der Waals surface area contributed by atoms with E-state index < -0.39 is 5.97 Å². The van der Waals surface area contributed by atoms with Crippen molar-refractivity contribution in [2.24, 2.45) is 7.05 Å². The van der Waals surface area contributed by atoms with Gasteiger partial charge in [0, 0.05) is 31.4 Å². The number of carboxylic acids is 1. The quantitative estimate of drug-likeness (QED) is 0.500. The molecule has 1 saturated heterocycles. The van der Waals surface area contributed by atoms with Crippen LogP contribution in [0.2, 0.25) is 5.02 Å². The Hall–Kier alpha value is -3.43. The lowest BCUT2D eigenvalue weighted by molar-refractivity contribution is 0.0686.